The number of hydrogen-bond acceptors (Lipinski definition) is 3. The molecule has 0 aromatic heterocycles. The second-order valence-electron chi connectivity index (χ2n) is 5.72. The molecule has 2 amide bonds. The normalized spacial score (nSPS) is 14.8. The minimum atomic E-state index is -0.0393. The second kappa shape index (κ2) is 8.76. The fourth-order valence-electron chi connectivity index (χ4n) is 2.51. The first-order valence-corrected chi connectivity index (χ1v) is 7.38. The van der Waals surface area contributed by atoms with E-state index in [0.29, 0.717) is 17.9 Å². The summed E-state index contributed by atoms with van der Waals surface area (Å²) in [6, 6.07) is 7.03. The van der Waals surface area contributed by atoms with Crippen LogP contribution in [0.15, 0.2) is 24.3 Å². The first kappa shape index (κ1) is 18.5. The predicted octanol–water partition coefficient (Wildman–Crippen LogP) is 2.14. The minimum Gasteiger partial charge on any atom is -0.345 e. The van der Waals surface area contributed by atoms with E-state index in [0.717, 1.165) is 31.6 Å². The van der Waals surface area contributed by atoms with Crippen LogP contribution in [-0.4, -0.2) is 43.9 Å². The largest absolute Gasteiger partial charge is 0.345 e. The van der Waals surface area contributed by atoms with Gasteiger partial charge in [-0.2, -0.15) is 0 Å². The van der Waals surface area contributed by atoms with Crippen molar-refractivity contribution in [1.82, 2.24) is 10.2 Å². The Hall–Kier alpha value is -1.59. The van der Waals surface area contributed by atoms with Gasteiger partial charge in [-0.1, -0.05) is 0 Å². The number of nitrogens with zero attached hydrogens (tertiary/aromatic N) is 1. The number of carbonyl (C=O) groups is 2. The standard InChI is InChI=1S/C16H23N3O2.ClH/c1-19(2)16(21)13-3-5-14(6-4-13)18-15(20)11-12-7-9-17-10-8-12;/h3-6,12,17H,7-11H2,1-2H3,(H,18,20);1H. The third-order valence-corrected chi connectivity index (χ3v) is 3.75. The van der Waals surface area contributed by atoms with Gasteiger partial charge in [0.15, 0.2) is 0 Å². The van der Waals surface area contributed by atoms with Crippen molar-refractivity contribution in [2.45, 2.75) is 19.3 Å². The first-order valence-electron chi connectivity index (χ1n) is 7.38. The topological polar surface area (TPSA) is 61.4 Å². The Kier molecular flexibility index (Phi) is 7.35. The number of nitrogens with one attached hydrogen (secondary N) is 2. The van der Waals surface area contributed by atoms with Crippen molar-refractivity contribution in [2.24, 2.45) is 5.92 Å². The average molecular weight is 326 g/mol. The molecule has 1 aromatic rings. The van der Waals surface area contributed by atoms with Crippen LogP contribution >= 0.6 is 12.4 Å². The fraction of sp³-hybridized carbons (Fsp3) is 0.500. The Balaban J connectivity index is 0.00000242. The third-order valence-electron chi connectivity index (χ3n) is 3.75. The molecule has 1 aliphatic rings. The number of anilines is 1. The van der Waals surface area contributed by atoms with Gasteiger partial charge in [-0.05, 0) is 56.1 Å². The summed E-state index contributed by atoms with van der Waals surface area (Å²) in [6.45, 7) is 2.00. The van der Waals surface area contributed by atoms with Crippen molar-refractivity contribution in [3.63, 3.8) is 0 Å². The van der Waals surface area contributed by atoms with Crippen LogP contribution in [0.2, 0.25) is 0 Å². The Morgan fingerprint density at radius 3 is 2.32 bits per heavy atom. The molecule has 0 unspecified atom stereocenters. The van der Waals surface area contributed by atoms with Crippen LogP contribution in [-0.2, 0) is 4.79 Å². The van der Waals surface area contributed by atoms with Crippen LogP contribution in [0.3, 0.4) is 0 Å². The number of hydrogen-bond donors (Lipinski definition) is 2. The van der Waals surface area contributed by atoms with Gasteiger partial charge < -0.3 is 15.5 Å². The SMILES string of the molecule is CN(C)C(=O)c1ccc(NC(=O)CC2CCNCC2)cc1.Cl. The average Bonchev–Trinajstić information content (AvgIpc) is 2.48. The van der Waals surface area contributed by atoms with Crippen molar-refractivity contribution in [3.8, 4) is 0 Å². The summed E-state index contributed by atoms with van der Waals surface area (Å²) in [5.41, 5.74) is 1.36. The molecule has 0 aliphatic carbocycles. The van der Waals surface area contributed by atoms with E-state index in [9.17, 15) is 9.59 Å². The minimum absolute atomic E-state index is 0. The van der Waals surface area contributed by atoms with Crippen molar-refractivity contribution >= 4 is 29.9 Å². The molecule has 5 nitrogen and oxygen atoms in total. The highest BCUT2D eigenvalue weighted by Crippen LogP contribution is 2.17. The van der Waals surface area contributed by atoms with Crippen LogP contribution in [0.5, 0.6) is 0 Å². The summed E-state index contributed by atoms with van der Waals surface area (Å²) in [6.07, 6.45) is 2.69. The highest BCUT2D eigenvalue weighted by molar-refractivity contribution is 5.95. The van der Waals surface area contributed by atoms with Crippen LogP contribution < -0.4 is 10.6 Å². The molecule has 22 heavy (non-hydrogen) atoms. The van der Waals surface area contributed by atoms with Gasteiger partial charge in [0.25, 0.3) is 5.91 Å². The van der Waals surface area contributed by atoms with Gasteiger partial charge in [-0.15, -0.1) is 12.4 Å². The van der Waals surface area contributed by atoms with Crippen molar-refractivity contribution in [1.29, 1.82) is 0 Å². The number of rotatable bonds is 4. The van der Waals surface area contributed by atoms with Gasteiger partial charge in [-0.25, -0.2) is 0 Å². The van der Waals surface area contributed by atoms with Crippen LogP contribution in [0, 0.1) is 5.92 Å². The van der Waals surface area contributed by atoms with E-state index in [1.807, 2.05) is 0 Å². The summed E-state index contributed by atoms with van der Waals surface area (Å²) in [5.74, 6) is 0.483. The monoisotopic (exact) mass is 325 g/mol. The van der Waals surface area contributed by atoms with Gasteiger partial charge >= 0.3 is 0 Å². The number of halogens is 1. The van der Waals surface area contributed by atoms with Gasteiger partial charge in [0, 0.05) is 31.8 Å². The zero-order valence-corrected chi connectivity index (χ0v) is 13.9. The van der Waals surface area contributed by atoms with Gasteiger partial charge in [0.1, 0.15) is 0 Å². The molecule has 0 saturated carbocycles. The molecule has 1 fully saturated rings. The summed E-state index contributed by atoms with van der Waals surface area (Å²) < 4.78 is 0. The van der Waals surface area contributed by atoms with Crippen molar-refractivity contribution < 1.29 is 9.59 Å². The van der Waals surface area contributed by atoms with E-state index >= 15 is 0 Å². The van der Waals surface area contributed by atoms with E-state index in [1.165, 1.54) is 4.90 Å². The maximum atomic E-state index is 12.0. The quantitative estimate of drug-likeness (QED) is 0.891. The van der Waals surface area contributed by atoms with E-state index in [2.05, 4.69) is 10.6 Å². The van der Waals surface area contributed by atoms with E-state index in [1.54, 1.807) is 38.4 Å². The molecule has 1 heterocycles. The zero-order chi connectivity index (χ0) is 15.2. The maximum absolute atomic E-state index is 12.0. The Labute approximate surface area is 137 Å². The zero-order valence-electron chi connectivity index (χ0n) is 13.1. The number of benzene rings is 1. The van der Waals surface area contributed by atoms with E-state index in [4.69, 9.17) is 0 Å². The Bertz CT molecular complexity index is 497. The lowest BCUT2D eigenvalue weighted by Gasteiger charge is -2.21. The van der Waals surface area contributed by atoms with Crippen molar-refractivity contribution in [3.05, 3.63) is 29.8 Å². The lowest BCUT2D eigenvalue weighted by molar-refractivity contribution is -0.117. The highest BCUT2D eigenvalue weighted by atomic mass is 35.5. The lowest BCUT2D eigenvalue weighted by atomic mass is 9.94. The molecule has 0 bridgehead atoms. The highest BCUT2D eigenvalue weighted by Gasteiger charge is 2.16. The van der Waals surface area contributed by atoms with E-state index < -0.39 is 0 Å². The van der Waals surface area contributed by atoms with Crippen LogP contribution in [0.1, 0.15) is 29.6 Å². The van der Waals surface area contributed by atoms with Crippen LogP contribution in [0.4, 0.5) is 5.69 Å². The molecule has 0 radical (unpaired) electrons. The molecule has 6 heteroatoms. The summed E-state index contributed by atoms with van der Waals surface area (Å²) >= 11 is 0. The predicted molar refractivity (Wildman–Crippen MR) is 90.5 cm³/mol. The number of amides is 2. The second-order valence-corrected chi connectivity index (χ2v) is 5.72. The molecular weight excluding hydrogens is 302 g/mol. The number of carbonyl (C=O) groups excluding carboxylic acids is 2. The fourth-order valence-corrected chi connectivity index (χ4v) is 2.51. The molecule has 1 aromatic carbocycles. The summed E-state index contributed by atoms with van der Waals surface area (Å²) in [4.78, 5) is 25.3. The molecule has 122 valence electrons. The maximum Gasteiger partial charge on any atom is 0.253 e. The summed E-state index contributed by atoms with van der Waals surface area (Å²) in [5, 5.41) is 6.20. The summed E-state index contributed by atoms with van der Waals surface area (Å²) in [7, 11) is 3.44. The third kappa shape index (κ3) is 5.31. The van der Waals surface area contributed by atoms with Gasteiger partial charge in [0.05, 0.1) is 0 Å². The first-order chi connectivity index (χ1) is 10.1. The van der Waals surface area contributed by atoms with E-state index in [-0.39, 0.29) is 24.2 Å². The lowest BCUT2D eigenvalue weighted by Crippen LogP contribution is -2.30. The molecule has 2 N–H and O–H groups in total. The molecule has 1 saturated heterocycles. The number of piperidine rings is 1. The van der Waals surface area contributed by atoms with Crippen molar-refractivity contribution in [2.75, 3.05) is 32.5 Å². The molecule has 2 rings (SSSR count). The Morgan fingerprint density at radius 1 is 1.18 bits per heavy atom. The van der Waals surface area contributed by atoms with Crippen LogP contribution in [0.25, 0.3) is 0 Å². The van der Waals surface area contributed by atoms with Gasteiger partial charge in [-0.3, -0.25) is 9.59 Å². The molecule has 0 atom stereocenters. The molecule has 0 spiro atoms. The molecular formula is C16H24ClN3O2. The van der Waals surface area contributed by atoms with Gasteiger partial charge in [0.2, 0.25) is 5.91 Å². The smallest absolute Gasteiger partial charge is 0.253 e. The Morgan fingerprint density at radius 2 is 1.77 bits per heavy atom. The molecule has 1 aliphatic heterocycles.